The topological polar surface area (TPSA) is 29.5 Å². The largest absolute Gasteiger partial charge is 0.378 e. The van der Waals surface area contributed by atoms with Crippen LogP contribution in [-0.2, 0) is 9.53 Å². The Hall–Kier alpha value is -0.570. The number of carbonyl (C=O) groups is 1. The summed E-state index contributed by atoms with van der Waals surface area (Å²) in [4.78, 5) is 13.0. The van der Waals surface area contributed by atoms with Crippen LogP contribution in [0.15, 0.2) is 0 Å². The van der Waals surface area contributed by atoms with Crippen molar-refractivity contribution in [1.29, 1.82) is 0 Å². The van der Waals surface area contributed by atoms with Crippen LogP contribution >= 0.6 is 0 Å². The van der Waals surface area contributed by atoms with E-state index in [2.05, 4.69) is 6.92 Å². The third-order valence-electron chi connectivity index (χ3n) is 2.74. The van der Waals surface area contributed by atoms with E-state index < -0.39 is 0 Å². The average Bonchev–Trinajstić information content (AvgIpc) is 2.44. The van der Waals surface area contributed by atoms with Crippen molar-refractivity contribution in [3.8, 4) is 0 Å². The first-order valence-electron chi connectivity index (χ1n) is 7.61. The van der Waals surface area contributed by atoms with E-state index in [0.717, 1.165) is 39.0 Å². The molecule has 1 rings (SSSR count). The molecule has 0 aromatic heterocycles. The molecule has 110 valence electrons. The van der Waals surface area contributed by atoms with E-state index in [1.54, 1.807) is 6.92 Å². The van der Waals surface area contributed by atoms with E-state index in [4.69, 9.17) is 4.74 Å². The Labute approximate surface area is 114 Å². The van der Waals surface area contributed by atoms with Crippen molar-refractivity contribution < 1.29 is 9.53 Å². The van der Waals surface area contributed by atoms with Crippen LogP contribution in [-0.4, -0.2) is 36.6 Å². The lowest BCUT2D eigenvalue weighted by molar-refractivity contribution is -0.131. The third-order valence-corrected chi connectivity index (χ3v) is 2.74. The van der Waals surface area contributed by atoms with Crippen LogP contribution in [0.3, 0.4) is 0 Å². The summed E-state index contributed by atoms with van der Waals surface area (Å²) in [6, 6.07) is 0. The van der Waals surface area contributed by atoms with Crippen molar-refractivity contribution in [2.45, 2.75) is 73.3 Å². The van der Waals surface area contributed by atoms with Crippen molar-refractivity contribution >= 4 is 5.91 Å². The Balaban J connectivity index is 0. The molecular formula is C15H33NO2. The van der Waals surface area contributed by atoms with Gasteiger partial charge in [-0.2, -0.15) is 0 Å². The van der Waals surface area contributed by atoms with Gasteiger partial charge in [0.25, 0.3) is 0 Å². The second-order valence-electron chi connectivity index (χ2n) is 3.93. The highest BCUT2D eigenvalue weighted by molar-refractivity contribution is 5.73. The van der Waals surface area contributed by atoms with Crippen LogP contribution in [0.5, 0.6) is 0 Å². The minimum atomic E-state index is 0.192. The summed E-state index contributed by atoms with van der Waals surface area (Å²) >= 11 is 0. The van der Waals surface area contributed by atoms with Gasteiger partial charge in [-0.15, -0.1) is 0 Å². The molecule has 1 heterocycles. The second kappa shape index (κ2) is 14.5. The molecule has 1 amide bonds. The van der Waals surface area contributed by atoms with E-state index >= 15 is 0 Å². The van der Waals surface area contributed by atoms with E-state index in [0.29, 0.717) is 6.10 Å². The molecule has 0 N–H and O–H groups in total. The molecule has 0 bridgehead atoms. The van der Waals surface area contributed by atoms with Crippen molar-refractivity contribution in [2.24, 2.45) is 0 Å². The van der Waals surface area contributed by atoms with Crippen LogP contribution in [0.1, 0.15) is 67.2 Å². The van der Waals surface area contributed by atoms with Gasteiger partial charge in [0, 0.05) is 26.6 Å². The number of unbranched alkanes of at least 4 members (excludes halogenated alkanes) is 1. The maximum atomic E-state index is 11.1. The van der Waals surface area contributed by atoms with Gasteiger partial charge in [0.05, 0.1) is 6.10 Å². The maximum absolute atomic E-state index is 11.1. The van der Waals surface area contributed by atoms with Gasteiger partial charge >= 0.3 is 0 Å². The Morgan fingerprint density at radius 2 is 1.67 bits per heavy atom. The van der Waals surface area contributed by atoms with Crippen molar-refractivity contribution in [2.75, 3.05) is 19.7 Å². The third kappa shape index (κ3) is 9.46. The van der Waals surface area contributed by atoms with Crippen molar-refractivity contribution in [3.63, 3.8) is 0 Å². The molecule has 0 aromatic rings. The fraction of sp³-hybridized carbons (Fsp3) is 0.933. The summed E-state index contributed by atoms with van der Waals surface area (Å²) in [5.41, 5.74) is 0. The van der Waals surface area contributed by atoms with E-state index in [9.17, 15) is 4.79 Å². The summed E-state index contributed by atoms with van der Waals surface area (Å²) < 4.78 is 5.71. The first-order valence-corrected chi connectivity index (χ1v) is 7.61. The molecule has 3 nitrogen and oxygen atoms in total. The van der Waals surface area contributed by atoms with Gasteiger partial charge in [0.15, 0.2) is 0 Å². The molecule has 0 aromatic carbocycles. The molecule has 0 spiro atoms. The lowest BCUT2D eigenvalue weighted by atomic mass is 10.1. The molecular weight excluding hydrogens is 226 g/mol. The Morgan fingerprint density at radius 3 is 2.06 bits per heavy atom. The van der Waals surface area contributed by atoms with Crippen LogP contribution in [0.2, 0.25) is 0 Å². The normalized spacial score (nSPS) is 15.1. The minimum Gasteiger partial charge on any atom is -0.378 e. The second-order valence-corrected chi connectivity index (χ2v) is 3.93. The first kappa shape index (κ1) is 19.8. The SMILES string of the molecule is CC.CC.CCCCOC1CCN(C(C)=O)CC1. The number of nitrogens with zero attached hydrogens (tertiary/aromatic N) is 1. The Bertz CT molecular complexity index is 175. The summed E-state index contributed by atoms with van der Waals surface area (Å²) in [6.45, 7) is 14.4. The van der Waals surface area contributed by atoms with Gasteiger partial charge in [-0.1, -0.05) is 41.0 Å². The number of carbonyl (C=O) groups excluding carboxylic acids is 1. The number of hydrogen-bond acceptors (Lipinski definition) is 2. The molecule has 1 fully saturated rings. The molecule has 3 heteroatoms. The molecule has 0 aliphatic carbocycles. The molecule has 1 aliphatic rings. The summed E-state index contributed by atoms with van der Waals surface area (Å²) in [7, 11) is 0. The Morgan fingerprint density at radius 1 is 1.17 bits per heavy atom. The van der Waals surface area contributed by atoms with Crippen molar-refractivity contribution in [1.82, 2.24) is 4.90 Å². The highest BCUT2D eigenvalue weighted by atomic mass is 16.5. The van der Waals surface area contributed by atoms with Gasteiger partial charge in [0.1, 0.15) is 0 Å². The van der Waals surface area contributed by atoms with E-state index in [1.165, 1.54) is 6.42 Å². The number of rotatable bonds is 4. The summed E-state index contributed by atoms with van der Waals surface area (Å²) in [5, 5.41) is 0. The van der Waals surface area contributed by atoms with E-state index in [1.807, 2.05) is 32.6 Å². The predicted octanol–water partition coefficient (Wildman–Crippen LogP) is 3.87. The molecule has 0 radical (unpaired) electrons. The van der Waals surface area contributed by atoms with Gasteiger partial charge in [-0.25, -0.2) is 0 Å². The molecule has 0 atom stereocenters. The monoisotopic (exact) mass is 259 g/mol. The average molecular weight is 259 g/mol. The fourth-order valence-corrected chi connectivity index (χ4v) is 1.73. The zero-order chi connectivity index (χ0) is 14.4. The fourth-order valence-electron chi connectivity index (χ4n) is 1.73. The first-order chi connectivity index (χ1) is 8.74. The molecule has 0 saturated carbocycles. The standard InChI is InChI=1S/C11H21NO2.2C2H6/c1-3-4-9-14-11-5-7-12(8-6-11)10(2)13;2*1-2/h11H,3-9H2,1-2H3;2*1-2H3. The Kier molecular flexibility index (Phi) is 15.9. The lowest BCUT2D eigenvalue weighted by Gasteiger charge is -2.31. The number of hydrogen-bond donors (Lipinski definition) is 0. The van der Waals surface area contributed by atoms with Gasteiger partial charge in [0.2, 0.25) is 5.91 Å². The highest BCUT2D eigenvalue weighted by Crippen LogP contribution is 2.13. The number of ether oxygens (including phenoxy) is 1. The minimum absolute atomic E-state index is 0.192. The number of piperidine rings is 1. The van der Waals surface area contributed by atoms with Gasteiger partial charge in [-0.3, -0.25) is 4.79 Å². The predicted molar refractivity (Wildman–Crippen MR) is 78.8 cm³/mol. The summed E-state index contributed by atoms with van der Waals surface area (Å²) in [5.74, 6) is 0.192. The smallest absolute Gasteiger partial charge is 0.219 e. The summed E-state index contributed by atoms with van der Waals surface area (Å²) in [6.07, 6.45) is 4.73. The molecule has 1 aliphatic heterocycles. The lowest BCUT2D eigenvalue weighted by Crippen LogP contribution is -2.39. The number of amides is 1. The van der Waals surface area contributed by atoms with Gasteiger partial charge in [-0.05, 0) is 19.3 Å². The van der Waals surface area contributed by atoms with E-state index in [-0.39, 0.29) is 5.91 Å². The van der Waals surface area contributed by atoms with Crippen LogP contribution in [0.4, 0.5) is 0 Å². The van der Waals surface area contributed by atoms with Crippen LogP contribution in [0, 0.1) is 0 Å². The highest BCUT2D eigenvalue weighted by Gasteiger charge is 2.20. The van der Waals surface area contributed by atoms with Gasteiger partial charge < -0.3 is 9.64 Å². The molecule has 18 heavy (non-hydrogen) atoms. The quantitative estimate of drug-likeness (QED) is 0.717. The van der Waals surface area contributed by atoms with Crippen LogP contribution in [0.25, 0.3) is 0 Å². The molecule has 1 saturated heterocycles. The maximum Gasteiger partial charge on any atom is 0.219 e. The van der Waals surface area contributed by atoms with Crippen molar-refractivity contribution in [3.05, 3.63) is 0 Å². The zero-order valence-corrected chi connectivity index (χ0v) is 13.3. The van der Waals surface area contributed by atoms with Crippen LogP contribution < -0.4 is 0 Å². The zero-order valence-electron chi connectivity index (χ0n) is 13.3. The molecule has 0 unspecified atom stereocenters. The number of likely N-dealkylation sites (tertiary alicyclic amines) is 1.